The lowest BCUT2D eigenvalue weighted by Crippen LogP contribution is -2.46. The Bertz CT molecular complexity index is 291. The number of methoxy groups -OCH3 is 2. The van der Waals surface area contributed by atoms with Crippen molar-refractivity contribution in [2.45, 2.75) is 25.8 Å². The molecule has 1 rings (SSSR count). The summed E-state index contributed by atoms with van der Waals surface area (Å²) in [5.41, 5.74) is 0. The third-order valence-electron chi connectivity index (χ3n) is 3.90. The summed E-state index contributed by atoms with van der Waals surface area (Å²) < 4.78 is 10.3. The molecule has 0 spiro atoms. The molecule has 21 heavy (non-hydrogen) atoms. The Morgan fingerprint density at radius 3 is 2.57 bits per heavy atom. The maximum absolute atomic E-state index is 5.13. The summed E-state index contributed by atoms with van der Waals surface area (Å²) in [5.74, 6) is 1.58. The van der Waals surface area contributed by atoms with Crippen LogP contribution in [0.2, 0.25) is 0 Å². The molecule has 124 valence electrons. The van der Waals surface area contributed by atoms with Gasteiger partial charge in [-0.15, -0.1) is 0 Å². The summed E-state index contributed by atoms with van der Waals surface area (Å²) >= 11 is 0. The number of piperidine rings is 1. The molecular formula is C15H32N4O2. The van der Waals surface area contributed by atoms with E-state index in [1.807, 2.05) is 7.05 Å². The van der Waals surface area contributed by atoms with Gasteiger partial charge in [0.15, 0.2) is 5.96 Å². The van der Waals surface area contributed by atoms with E-state index in [0.717, 1.165) is 31.6 Å². The maximum Gasteiger partial charge on any atom is 0.191 e. The van der Waals surface area contributed by atoms with Gasteiger partial charge in [0.1, 0.15) is 0 Å². The van der Waals surface area contributed by atoms with E-state index in [2.05, 4.69) is 27.4 Å². The van der Waals surface area contributed by atoms with E-state index < -0.39 is 0 Å². The molecule has 1 atom stereocenters. The van der Waals surface area contributed by atoms with Gasteiger partial charge in [0.05, 0.1) is 13.2 Å². The van der Waals surface area contributed by atoms with Crippen LogP contribution in [0.1, 0.15) is 19.8 Å². The van der Waals surface area contributed by atoms with Crippen LogP contribution in [-0.4, -0.2) is 77.6 Å². The van der Waals surface area contributed by atoms with Crippen molar-refractivity contribution in [2.24, 2.45) is 10.9 Å². The first-order valence-electron chi connectivity index (χ1n) is 7.87. The molecule has 0 bridgehead atoms. The number of guanidine groups is 1. The van der Waals surface area contributed by atoms with Crippen LogP contribution in [0.3, 0.4) is 0 Å². The molecule has 6 heteroatoms. The zero-order chi connectivity index (χ0) is 15.5. The highest BCUT2D eigenvalue weighted by Crippen LogP contribution is 2.15. The Balaban J connectivity index is 2.20. The Morgan fingerprint density at radius 1 is 1.29 bits per heavy atom. The van der Waals surface area contributed by atoms with Crippen LogP contribution in [0.15, 0.2) is 4.99 Å². The Kier molecular flexibility index (Phi) is 9.37. The van der Waals surface area contributed by atoms with Crippen LogP contribution in [0.4, 0.5) is 0 Å². The average Bonchev–Trinajstić information content (AvgIpc) is 2.50. The number of hydrogen-bond acceptors (Lipinski definition) is 4. The standard InChI is InChI=1S/C15H32N4O2/c1-13(12-21-4)18-15(16-2)17-11-14-5-7-19(8-6-14)9-10-20-3/h13-14H,5-12H2,1-4H3,(H2,16,17,18). The molecule has 1 aliphatic heterocycles. The SMILES string of the molecule is CN=C(NCC1CCN(CCOC)CC1)NC(C)COC. The third-order valence-corrected chi connectivity index (χ3v) is 3.90. The number of likely N-dealkylation sites (tertiary alicyclic amines) is 1. The largest absolute Gasteiger partial charge is 0.383 e. The fourth-order valence-corrected chi connectivity index (χ4v) is 2.60. The van der Waals surface area contributed by atoms with E-state index in [1.165, 1.54) is 25.9 Å². The summed E-state index contributed by atoms with van der Waals surface area (Å²) in [7, 11) is 5.29. The second kappa shape index (κ2) is 10.8. The zero-order valence-electron chi connectivity index (χ0n) is 14.0. The molecule has 2 N–H and O–H groups in total. The summed E-state index contributed by atoms with van der Waals surface area (Å²) in [5, 5.41) is 6.76. The van der Waals surface area contributed by atoms with Crippen LogP contribution in [0, 0.1) is 5.92 Å². The molecule has 1 fully saturated rings. The second-order valence-electron chi connectivity index (χ2n) is 5.73. The number of rotatable bonds is 8. The predicted octanol–water partition coefficient (Wildman–Crippen LogP) is 0.545. The topological polar surface area (TPSA) is 58.1 Å². The second-order valence-corrected chi connectivity index (χ2v) is 5.73. The number of nitrogens with one attached hydrogen (secondary N) is 2. The van der Waals surface area contributed by atoms with Crippen LogP contribution in [-0.2, 0) is 9.47 Å². The molecule has 0 aromatic rings. The smallest absolute Gasteiger partial charge is 0.191 e. The van der Waals surface area contributed by atoms with Crippen molar-refractivity contribution in [2.75, 3.05) is 60.7 Å². The monoisotopic (exact) mass is 300 g/mol. The summed E-state index contributed by atoms with van der Waals surface area (Å²) in [6.07, 6.45) is 2.47. The van der Waals surface area contributed by atoms with E-state index >= 15 is 0 Å². The van der Waals surface area contributed by atoms with Gasteiger partial charge in [0.25, 0.3) is 0 Å². The van der Waals surface area contributed by atoms with Gasteiger partial charge in [-0.25, -0.2) is 0 Å². The van der Waals surface area contributed by atoms with E-state index in [0.29, 0.717) is 6.61 Å². The lowest BCUT2D eigenvalue weighted by molar-refractivity contribution is 0.120. The molecule has 1 saturated heterocycles. The summed E-state index contributed by atoms with van der Waals surface area (Å²) in [4.78, 5) is 6.74. The van der Waals surface area contributed by atoms with Crippen molar-refractivity contribution in [3.05, 3.63) is 0 Å². The number of aliphatic imine (C=N–C) groups is 1. The Hall–Kier alpha value is -0.850. The first kappa shape index (κ1) is 18.2. The van der Waals surface area contributed by atoms with Crippen molar-refractivity contribution in [1.82, 2.24) is 15.5 Å². The van der Waals surface area contributed by atoms with E-state index in [4.69, 9.17) is 9.47 Å². The average molecular weight is 300 g/mol. The first-order valence-corrected chi connectivity index (χ1v) is 7.87. The fraction of sp³-hybridized carbons (Fsp3) is 0.933. The van der Waals surface area contributed by atoms with Gasteiger partial charge in [-0.1, -0.05) is 0 Å². The van der Waals surface area contributed by atoms with E-state index in [1.54, 1.807) is 14.2 Å². The van der Waals surface area contributed by atoms with Crippen molar-refractivity contribution < 1.29 is 9.47 Å². The lowest BCUT2D eigenvalue weighted by Gasteiger charge is -2.32. The van der Waals surface area contributed by atoms with Crippen LogP contribution >= 0.6 is 0 Å². The van der Waals surface area contributed by atoms with Crippen molar-refractivity contribution >= 4 is 5.96 Å². The number of nitrogens with zero attached hydrogens (tertiary/aromatic N) is 2. The van der Waals surface area contributed by atoms with Gasteiger partial charge in [0, 0.05) is 40.4 Å². The Morgan fingerprint density at radius 2 is 2.00 bits per heavy atom. The zero-order valence-corrected chi connectivity index (χ0v) is 14.0. The summed E-state index contributed by atoms with van der Waals surface area (Å²) in [6.45, 7) is 7.97. The molecule has 0 saturated carbocycles. The highest BCUT2D eigenvalue weighted by molar-refractivity contribution is 5.79. The third kappa shape index (κ3) is 7.64. The van der Waals surface area contributed by atoms with Gasteiger partial charge >= 0.3 is 0 Å². The summed E-state index contributed by atoms with van der Waals surface area (Å²) in [6, 6.07) is 0.261. The number of ether oxygens (including phenoxy) is 2. The van der Waals surface area contributed by atoms with Gasteiger partial charge in [-0.3, -0.25) is 4.99 Å². The molecule has 0 radical (unpaired) electrons. The highest BCUT2D eigenvalue weighted by Gasteiger charge is 2.19. The molecule has 1 aliphatic rings. The predicted molar refractivity (Wildman–Crippen MR) is 86.9 cm³/mol. The first-order chi connectivity index (χ1) is 10.2. The lowest BCUT2D eigenvalue weighted by atomic mass is 9.97. The van der Waals surface area contributed by atoms with Gasteiger partial charge in [-0.2, -0.15) is 0 Å². The molecular weight excluding hydrogens is 268 g/mol. The quantitative estimate of drug-likeness (QED) is 0.506. The van der Waals surface area contributed by atoms with Crippen LogP contribution in [0.25, 0.3) is 0 Å². The van der Waals surface area contributed by atoms with Crippen molar-refractivity contribution in [3.63, 3.8) is 0 Å². The minimum atomic E-state index is 0.261. The minimum Gasteiger partial charge on any atom is -0.383 e. The highest BCUT2D eigenvalue weighted by atomic mass is 16.5. The van der Waals surface area contributed by atoms with Gasteiger partial charge in [-0.05, 0) is 38.8 Å². The molecule has 1 heterocycles. The molecule has 0 amide bonds. The van der Waals surface area contributed by atoms with Crippen LogP contribution in [0.5, 0.6) is 0 Å². The van der Waals surface area contributed by atoms with Gasteiger partial charge in [0.2, 0.25) is 0 Å². The minimum absolute atomic E-state index is 0.261. The molecule has 1 unspecified atom stereocenters. The molecule has 0 aromatic heterocycles. The fourth-order valence-electron chi connectivity index (χ4n) is 2.60. The molecule has 0 aliphatic carbocycles. The molecule has 0 aromatic carbocycles. The van der Waals surface area contributed by atoms with Crippen LogP contribution < -0.4 is 10.6 Å². The molecule has 6 nitrogen and oxygen atoms in total. The van der Waals surface area contributed by atoms with Crippen molar-refractivity contribution in [3.8, 4) is 0 Å². The van der Waals surface area contributed by atoms with Gasteiger partial charge < -0.3 is 25.0 Å². The number of hydrogen-bond donors (Lipinski definition) is 2. The van der Waals surface area contributed by atoms with E-state index in [-0.39, 0.29) is 6.04 Å². The van der Waals surface area contributed by atoms with E-state index in [9.17, 15) is 0 Å². The normalized spacial score (nSPS) is 19.5. The van der Waals surface area contributed by atoms with Crippen molar-refractivity contribution in [1.29, 1.82) is 0 Å². The maximum atomic E-state index is 5.13. The Labute approximate surface area is 129 Å².